The average molecular weight is 261 g/mol. The van der Waals surface area contributed by atoms with Gasteiger partial charge in [-0.3, -0.25) is 4.79 Å². The van der Waals surface area contributed by atoms with E-state index >= 15 is 0 Å². The van der Waals surface area contributed by atoms with Gasteiger partial charge < -0.3 is 10.4 Å². The first-order valence-corrected chi connectivity index (χ1v) is 6.40. The lowest BCUT2D eigenvalue weighted by molar-refractivity contribution is -0.128. The minimum Gasteiger partial charge on any atom is -0.388 e. The molecule has 0 aliphatic heterocycles. The normalized spacial score (nSPS) is 12.9. The fourth-order valence-corrected chi connectivity index (χ4v) is 2.08. The molecule has 104 valence electrons. The van der Waals surface area contributed by atoms with Crippen LogP contribution in [0.1, 0.15) is 30.5 Å². The molecular weight excluding hydrogens is 238 g/mol. The van der Waals surface area contributed by atoms with E-state index in [0.29, 0.717) is 0 Å². The Labute approximate surface area is 115 Å². The summed E-state index contributed by atoms with van der Waals surface area (Å²) in [6.45, 7) is 12.9. The summed E-state index contributed by atoms with van der Waals surface area (Å²) in [4.78, 5) is 12.3. The largest absolute Gasteiger partial charge is 0.388 e. The predicted octanol–water partition coefficient (Wildman–Crippen LogP) is 3.12. The number of amides is 1. The van der Waals surface area contributed by atoms with E-state index in [4.69, 9.17) is 0 Å². The van der Waals surface area contributed by atoms with E-state index in [1.54, 1.807) is 13.8 Å². The number of carbonyl (C=O) groups excluding carboxylic acids is 1. The number of carbonyl (C=O) groups is 1. The molecule has 0 fully saturated rings. The zero-order valence-corrected chi connectivity index (χ0v) is 12.4. The second kappa shape index (κ2) is 5.57. The van der Waals surface area contributed by atoms with Gasteiger partial charge in [0.15, 0.2) is 0 Å². The van der Waals surface area contributed by atoms with Crippen molar-refractivity contribution in [2.75, 3.05) is 5.32 Å². The summed E-state index contributed by atoms with van der Waals surface area (Å²) >= 11 is 0. The summed E-state index contributed by atoms with van der Waals surface area (Å²) in [5.74, 6) is -0.213. The van der Waals surface area contributed by atoms with Crippen LogP contribution in [0.25, 0.3) is 0 Å². The number of aliphatic hydroxyl groups excluding tert-OH is 1. The van der Waals surface area contributed by atoms with E-state index in [1.807, 2.05) is 32.9 Å². The van der Waals surface area contributed by atoms with Gasteiger partial charge in [0.25, 0.3) is 0 Å². The molecule has 0 spiro atoms. The number of benzene rings is 1. The first kappa shape index (κ1) is 15.4. The lowest BCUT2D eigenvalue weighted by Gasteiger charge is -2.28. The van der Waals surface area contributed by atoms with Gasteiger partial charge in [0, 0.05) is 5.69 Å². The molecular formula is C16H23NO2. The van der Waals surface area contributed by atoms with Gasteiger partial charge in [-0.25, -0.2) is 0 Å². The van der Waals surface area contributed by atoms with Gasteiger partial charge in [-0.05, 0) is 45.7 Å². The molecule has 0 saturated carbocycles. The molecule has 0 heterocycles. The zero-order chi connectivity index (χ0) is 14.8. The maximum atomic E-state index is 12.3. The standard InChI is InChI=1S/C16H23NO2/c1-7-13(18)16(5,6)15(19)17-14-11(3)8-10(2)9-12(14)4/h7-9,13,18H,1H2,2-6H3,(H,17,19). The fourth-order valence-electron chi connectivity index (χ4n) is 2.08. The minimum absolute atomic E-state index is 0.213. The maximum absolute atomic E-state index is 12.3. The van der Waals surface area contributed by atoms with Crippen LogP contribution in [0.2, 0.25) is 0 Å². The molecule has 1 atom stereocenters. The van der Waals surface area contributed by atoms with Crippen molar-refractivity contribution >= 4 is 11.6 Å². The Bertz CT molecular complexity index is 480. The Balaban J connectivity index is 3.04. The van der Waals surface area contributed by atoms with Gasteiger partial charge >= 0.3 is 0 Å². The van der Waals surface area contributed by atoms with Gasteiger partial charge in [0.1, 0.15) is 0 Å². The summed E-state index contributed by atoms with van der Waals surface area (Å²) in [7, 11) is 0. The molecule has 0 aromatic heterocycles. The number of nitrogens with one attached hydrogen (secondary N) is 1. The molecule has 1 unspecified atom stereocenters. The Kier molecular flexibility index (Phi) is 4.53. The van der Waals surface area contributed by atoms with Crippen LogP contribution < -0.4 is 5.32 Å². The average Bonchev–Trinajstić information content (AvgIpc) is 2.31. The van der Waals surface area contributed by atoms with Crippen molar-refractivity contribution < 1.29 is 9.90 Å². The van der Waals surface area contributed by atoms with Crippen LogP contribution in [0, 0.1) is 26.2 Å². The molecule has 1 rings (SSSR count). The number of hydrogen-bond acceptors (Lipinski definition) is 2. The summed E-state index contributed by atoms with van der Waals surface area (Å²) in [6.07, 6.45) is 0.507. The first-order valence-electron chi connectivity index (χ1n) is 6.40. The molecule has 0 aliphatic carbocycles. The van der Waals surface area contributed by atoms with Gasteiger partial charge in [-0.15, -0.1) is 6.58 Å². The quantitative estimate of drug-likeness (QED) is 0.818. The summed E-state index contributed by atoms with van der Waals surface area (Å²) < 4.78 is 0. The van der Waals surface area contributed by atoms with Crippen molar-refractivity contribution in [3.05, 3.63) is 41.5 Å². The number of aliphatic hydroxyl groups is 1. The van der Waals surface area contributed by atoms with Crippen molar-refractivity contribution in [1.82, 2.24) is 0 Å². The van der Waals surface area contributed by atoms with E-state index in [0.717, 1.165) is 16.8 Å². The highest BCUT2D eigenvalue weighted by Crippen LogP contribution is 2.27. The molecule has 0 aliphatic rings. The van der Waals surface area contributed by atoms with Crippen LogP contribution >= 0.6 is 0 Å². The topological polar surface area (TPSA) is 49.3 Å². The highest BCUT2D eigenvalue weighted by molar-refractivity contribution is 5.96. The Morgan fingerprint density at radius 2 is 1.79 bits per heavy atom. The van der Waals surface area contributed by atoms with Crippen LogP contribution in [0.15, 0.2) is 24.8 Å². The lowest BCUT2D eigenvalue weighted by atomic mass is 9.85. The summed E-state index contributed by atoms with van der Waals surface area (Å²) in [5.41, 5.74) is 3.12. The van der Waals surface area contributed by atoms with Crippen LogP contribution in [0.3, 0.4) is 0 Å². The Morgan fingerprint density at radius 1 is 1.32 bits per heavy atom. The molecule has 0 saturated heterocycles. The van der Waals surface area contributed by atoms with Crippen LogP contribution in [0.4, 0.5) is 5.69 Å². The van der Waals surface area contributed by atoms with Gasteiger partial charge in [-0.2, -0.15) is 0 Å². The zero-order valence-electron chi connectivity index (χ0n) is 12.4. The van der Waals surface area contributed by atoms with E-state index in [-0.39, 0.29) is 5.91 Å². The molecule has 2 N–H and O–H groups in total. The molecule has 3 heteroatoms. The van der Waals surface area contributed by atoms with Crippen molar-refractivity contribution in [2.24, 2.45) is 5.41 Å². The first-order chi connectivity index (χ1) is 8.70. The maximum Gasteiger partial charge on any atom is 0.232 e. The van der Waals surface area contributed by atoms with Gasteiger partial charge in [0.2, 0.25) is 5.91 Å². The van der Waals surface area contributed by atoms with Crippen molar-refractivity contribution in [2.45, 2.75) is 40.7 Å². The number of hydrogen-bond donors (Lipinski definition) is 2. The highest BCUT2D eigenvalue weighted by Gasteiger charge is 2.34. The van der Waals surface area contributed by atoms with E-state index in [1.165, 1.54) is 11.6 Å². The monoisotopic (exact) mass is 261 g/mol. The molecule has 3 nitrogen and oxygen atoms in total. The van der Waals surface area contributed by atoms with E-state index in [9.17, 15) is 9.90 Å². The van der Waals surface area contributed by atoms with Crippen LogP contribution in [-0.4, -0.2) is 17.1 Å². The third kappa shape index (κ3) is 3.24. The molecule has 1 aromatic rings. The summed E-state index contributed by atoms with van der Waals surface area (Å²) in [5, 5.41) is 12.8. The van der Waals surface area contributed by atoms with E-state index in [2.05, 4.69) is 11.9 Å². The highest BCUT2D eigenvalue weighted by atomic mass is 16.3. The third-order valence-corrected chi connectivity index (χ3v) is 3.46. The number of rotatable bonds is 4. The van der Waals surface area contributed by atoms with E-state index < -0.39 is 11.5 Å². The number of aryl methyl sites for hydroxylation is 3. The molecule has 0 bridgehead atoms. The van der Waals surface area contributed by atoms with Crippen LogP contribution in [-0.2, 0) is 4.79 Å². The third-order valence-electron chi connectivity index (χ3n) is 3.46. The number of anilines is 1. The second-order valence-electron chi connectivity index (χ2n) is 5.63. The van der Waals surface area contributed by atoms with Crippen molar-refractivity contribution in [3.8, 4) is 0 Å². The van der Waals surface area contributed by atoms with Gasteiger partial charge in [-0.1, -0.05) is 23.8 Å². The van der Waals surface area contributed by atoms with Crippen LogP contribution in [0.5, 0.6) is 0 Å². The SMILES string of the molecule is C=CC(O)C(C)(C)C(=O)Nc1c(C)cc(C)cc1C. The minimum atomic E-state index is -0.911. The summed E-state index contributed by atoms with van der Waals surface area (Å²) in [6, 6.07) is 4.05. The predicted molar refractivity (Wildman–Crippen MR) is 79.3 cm³/mol. The Hall–Kier alpha value is -1.61. The van der Waals surface area contributed by atoms with Gasteiger partial charge in [0.05, 0.1) is 11.5 Å². The fraction of sp³-hybridized carbons (Fsp3) is 0.438. The molecule has 1 amide bonds. The second-order valence-corrected chi connectivity index (χ2v) is 5.63. The molecule has 0 radical (unpaired) electrons. The molecule has 19 heavy (non-hydrogen) atoms. The van der Waals surface area contributed by atoms with Crippen molar-refractivity contribution in [3.63, 3.8) is 0 Å². The Morgan fingerprint density at radius 3 is 2.21 bits per heavy atom. The lowest BCUT2D eigenvalue weighted by Crippen LogP contribution is -2.40. The van der Waals surface area contributed by atoms with Crippen molar-refractivity contribution in [1.29, 1.82) is 0 Å². The smallest absolute Gasteiger partial charge is 0.232 e. The molecule has 1 aromatic carbocycles.